The third kappa shape index (κ3) is 4.59. The summed E-state index contributed by atoms with van der Waals surface area (Å²) in [5.41, 5.74) is 3.39. The zero-order valence-corrected chi connectivity index (χ0v) is 19.1. The third-order valence-corrected chi connectivity index (χ3v) is 6.41. The highest BCUT2D eigenvalue weighted by molar-refractivity contribution is 5.97. The number of fused-ring (bicyclic) bond motifs is 1. The number of benzene rings is 2. The summed E-state index contributed by atoms with van der Waals surface area (Å²) in [4.78, 5) is 21.4. The minimum atomic E-state index is -0.395. The van der Waals surface area contributed by atoms with Crippen LogP contribution in [0.25, 0.3) is 33.4 Å². The first-order chi connectivity index (χ1) is 17.1. The zero-order chi connectivity index (χ0) is 23.8. The number of piperidine rings is 1. The second-order valence-electron chi connectivity index (χ2n) is 9.10. The molecule has 1 aliphatic carbocycles. The van der Waals surface area contributed by atoms with Gasteiger partial charge in [-0.05, 0) is 68.1 Å². The van der Waals surface area contributed by atoms with Crippen LogP contribution in [0.5, 0.6) is 5.88 Å². The maximum atomic E-state index is 14.8. The Morgan fingerprint density at radius 2 is 2.03 bits per heavy atom. The van der Waals surface area contributed by atoms with Crippen LogP contribution in [-0.4, -0.2) is 51.3 Å². The van der Waals surface area contributed by atoms with Crippen molar-refractivity contribution in [1.29, 1.82) is 0 Å². The van der Waals surface area contributed by atoms with Gasteiger partial charge in [-0.15, -0.1) is 0 Å². The van der Waals surface area contributed by atoms with Crippen LogP contribution in [0.4, 0.5) is 4.39 Å². The number of carbonyl (C=O) groups is 1. The minimum Gasteiger partial charge on any atom is -0.472 e. The van der Waals surface area contributed by atoms with Gasteiger partial charge >= 0.3 is 0 Å². The molecule has 3 heterocycles. The topological polar surface area (TPSA) is 105 Å². The molecule has 0 bridgehead atoms. The molecule has 6 rings (SSSR count). The average molecular weight is 473 g/mol. The Kier molecular flexibility index (Phi) is 5.61. The Hall–Kier alpha value is -3.85. The smallest absolute Gasteiger partial charge is 0.251 e. The van der Waals surface area contributed by atoms with Crippen molar-refractivity contribution in [2.75, 3.05) is 13.1 Å². The molecule has 1 saturated heterocycles. The van der Waals surface area contributed by atoms with Crippen molar-refractivity contribution in [3.8, 4) is 28.4 Å². The zero-order valence-electron chi connectivity index (χ0n) is 19.1. The van der Waals surface area contributed by atoms with Gasteiger partial charge in [0.15, 0.2) is 0 Å². The summed E-state index contributed by atoms with van der Waals surface area (Å²) in [6, 6.07) is 10.2. The molecule has 2 fully saturated rings. The molecule has 9 heteroatoms. The van der Waals surface area contributed by atoms with E-state index in [1.807, 2.05) is 18.2 Å². The standard InChI is InChI=1S/C26H25FN6O2/c27-21-7-3-16(26(34)30-17-5-6-17)11-19(21)15-4-8-22-20(10-15)25(33-32-22)23-13-29-14-24(31-23)35-18-2-1-9-28-12-18/h3-4,7-8,10-11,13-14,17-18,28H,1-2,5-6,9,12H2,(H,30,34)(H,32,33). The number of halogens is 1. The molecular weight excluding hydrogens is 447 g/mol. The number of nitrogens with zero attached hydrogens (tertiary/aromatic N) is 3. The van der Waals surface area contributed by atoms with Crippen molar-refractivity contribution in [3.05, 3.63) is 60.2 Å². The molecule has 1 amide bonds. The van der Waals surface area contributed by atoms with Gasteiger partial charge in [0.2, 0.25) is 5.88 Å². The summed E-state index contributed by atoms with van der Waals surface area (Å²) in [6.07, 6.45) is 7.31. The van der Waals surface area contributed by atoms with Crippen LogP contribution in [0, 0.1) is 5.82 Å². The number of rotatable bonds is 6. The maximum absolute atomic E-state index is 14.8. The predicted octanol–water partition coefficient (Wildman–Crippen LogP) is 3.85. The van der Waals surface area contributed by atoms with Crippen molar-refractivity contribution in [2.24, 2.45) is 0 Å². The van der Waals surface area contributed by atoms with Crippen LogP contribution in [-0.2, 0) is 0 Å². The van der Waals surface area contributed by atoms with E-state index in [9.17, 15) is 9.18 Å². The fourth-order valence-electron chi connectivity index (χ4n) is 4.37. The molecule has 35 heavy (non-hydrogen) atoms. The second-order valence-corrected chi connectivity index (χ2v) is 9.10. The number of aromatic nitrogens is 4. The van der Waals surface area contributed by atoms with E-state index in [1.54, 1.807) is 18.5 Å². The molecule has 3 N–H and O–H groups in total. The molecule has 178 valence electrons. The minimum absolute atomic E-state index is 0.0585. The lowest BCUT2D eigenvalue weighted by atomic mass is 9.99. The molecule has 2 aliphatic rings. The number of hydrogen-bond acceptors (Lipinski definition) is 6. The molecular formula is C26H25FN6O2. The SMILES string of the molecule is O=C(NC1CC1)c1ccc(F)c(-c2ccc3[nH]nc(-c4cncc(OC5CCCNC5)n4)c3c2)c1. The molecule has 0 radical (unpaired) electrons. The van der Waals surface area contributed by atoms with Crippen molar-refractivity contribution < 1.29 is 13.9 Å². The van der Waals surface area contributed by atoms with Gasteiger partial charge in [-0.25, -0.2) is 9.37 Å². The van der Waals surface area contributed by atoms with Crippen LogP contribution in [0.2, 0.25) is 0 Å². The first-order valence-electron chi connectivity index (χ1n) is 11.9. The van der Waals surface area contributed by atoms with E-state index in [0.29, 0.717) is 34.0 Å². The average Bonchev–Trinajstić information content (AvgIpc) is 3.60. The lowest BCUT2D eigenvalue weighted by Crippen LogP contribution is -2.37. The summed E-state index contributed by atoms with van der Waals surface area (Å²) in [7, 11) is 0. The van der Waals surface area contributed by atoms with E-state index >= 15 is 0 Å². The Labute approximate surface area is 201 Å². The Balaban J connectivity index is 1.32. The van der Waals surface area contributed by atoms with E-state index < -0.39 is 5.82 Å². The van der Waals surface area contributed by atoms with E-state index in [4.69, 9.17) is 4.74 Å². The van der Waals surface area contributed by atoms with Crippen LogP contribution in [0.3, 0.4) is 0 Å². The fourth-order valence-corrected chi connectivity index (χ4v) is 4.37. The molecule has 1 saturated carbocycles. The summed E-state index contributed by atoms with van der Waals surface area (Å²) < 4.78 is 20.8. The highest BCUT2D eigenvalue weighted by atomic mass is 19.1. The van der Waals surface area contributed by atoms with Gasteiger partial charge < -0.3 is 15.4 Å². The molecule has 4 aromatic rings. The number of nitrogens with one attached hydrogen (secondary N) is 3. The Morgan fingerprint density at radius 3 is 2.86 bits per heavy atom. The second kappa shape index (κ2) is 9.07. The van der Waals surface area contributed by atoms with Crippen molar-refractivity contribution in [3.63, 3.8) is 0 Å². The normalized spacial score (nSPS) is 17.9. The summed E-state index contributed by atoms with van der Waals surface area (Å²) in [5, 5.41) is 14.5. The summed E-state index contributed by atoms with van der Waals surface area (Å²) in [5.74, 6) is -0.128. The number of aromatic amines is 1. The monoisotopic (exact) mass is 472 g/mol. The van der Waals surface area contributed by atoms with Crippen molar-refractivity contribution in [2.45, 2.75) is 37.8 Å². The van der Waals surface area contributed by atoms with Crippen LogP contribution in [0.1, 0.15) is 36.0 Å². The van der Waals surface area contributed by atoms with Crippen molar-refractivity contribution in [1.82, 2.24) is 30.8 Å². The molecule has 1 atom stereocenters. The van der Waals surface area contributed by atoms with Crippen LogP contribution >= 0.6 is 0 Å². The van der Waals surface area contributed by atoms with Gasteiger partial charge in [0, 0.05) is 29.1 Å². The summed E-state index contributed by atoms with van der Waals surface area (Å²) in [6.45, 7) is 1.78. The highest BCUT2D eigenvalue weighted by Crippen LogP contribution is 2.32. The van der Waals surface area contributed by atoms with Gasteiger partial charge in [0.05, 0.1) is 17.9 Å². The molecule has 0 spiro atoms. The quantitative estimate of drug-likeness (QED) is 0.394. The third-order valence-electron chi connectivity index (χ3n) is 6.41. The van der Waals surface area contributed by atoms with E-state index in [2.05, 4.69) is 30.8 Å². The maximum Gasteiger partial charge on any atom is 0.251 e. The molecule has 2 aromatic carbocycles. The van der Waals surface area contributed by atoms with Crippen LogP contribution in [0.15, 0.2) is 48.8 Å². The molecule has 2 aromatic heterocycles. The molecule has 8 nitrogen and oxygen atoms in total. The van der Waals surface area contributed by atoms with Gasteiger partial charge in [-0.1, -0.05) is 6.07 Å². The lowest BCUT2D eigenvalue weighted by molar-refractivity contribution is 0.0951. The van der Waals surface area contributed by atoms with E-state index in [1.165, 1.54) is 12.1 Å². The fraction of sp³-hybridized carbons (Fsp3) is 0.308. The van der Waals surface area contributed by atoms with Crippen molar-refractivity contribution >= 4 is 16.8 Å². The number of amides is 1. The van der Waals surface area contributed by atoms with Gasteiger partial charge in [0.1, 0.15) is 23.3 Å². The number of ether oxygens (including phenoxy) is 1. The number of H-pyrrole nitrogens is 1. The van der Waals surface area contributed by atoms with E-state index in [0.717, 1.165) is 49.7 Å². The predicted molar refractivity (Wildman–Crippen MR) is 130 cm³/mol. The van der Waals surface area contributed by atoms with Crippen LogP contribution < -0.4 is 15.4 Å². The largest absolute Gasteiger partial charge is 0.472 e. The Morgan fingerprint density at radius 1 is 1.11 bits per heavy atom. The lowest BCUT2D eigenvalue weighted by Gasteiger charge is -2.23. The first kappa shape index (κ1) is 21.7. The molecule has 1 unspecified atom stereocenters. The van der Waals surface area contributed by atoms with Gasteiger partial charge in [-0.2, -0.15) is 5.10 Å². The van der Waals surface area contributed by atoms with E-state index in [-0.39, 0.29) is 18.1 Å². The highest BCUT2D eigenvalue weighted by Gasteiger charge is 2.24. The number of hydrogen-bond donors (Lipinski definition) is 3. The number of carbonyl (C=O) groups excluding carboxylic acids is 1. The van der Waals surface area contributed by atoms with Gasteiger partial charge in [0.25, 0.3) is 5.91 Å². The first-order valence-corrected chi connectivity index (χ1v) is 11.9. The molecule has 1 aliphatic heterocycles. The summed E-state index contributed by atoms with van der Waals surface area (Å²) >= 11 is 0. The Bertz CT molecular complexity index is 1390. The van der Waals surface area contributed by atoms with Gasteiger partial charge in [-0.3, -0.25) is 14.9 Å².